The first-order valence-corrected chi connectivity index (χ1v) is 23.4. The van der Waals surface area contributed by atoms with Crippen LogP contribution >= 0.6 is 7.82 Å². The molecule has 0 aromatic heterocycles. The number of esters is 2. The molecule has 0 fully saturated rings. The van der Waals surface area contributed by atoms with Crippen molar-refractivity contribution >= 4 is 19.8 Å². The molecule has 0 saturated heterocycles. The molecule has 0 aromatic rings. The normalized spacial score (nSPS) is 15.4. The van der Waals surface area contributed by atoms with Gasteiger partial charge in [0.1, 0.15) is 12.7 Å². The lowest BCUT2D eigenvalue weighted by Crippen LogP contribution is -2.29. The second-order valence-electron chi connectivity index (χ2n) is 14.2. The highest BCUT2D eigenvalue weighted by Crippen LogP contribution is 2.43. The van der Waals surface area contributed by atoms with Gasteiger partial charge in [-0.3, -0.25) is 18.6 Å². The lowest BCUT2D eigenvalue weighted by atomic mass is 10.1. The van der Waals surface area contributed by atoms with E-state index in [0.29, 0.717) is 19.3 Å². The smallest absolute Gasteiger partial charge is 0.462 e. The van der Waals surface area contributed by atoms with Gasteiger partial charge in [0.25, 0.3) is 0 Å². The van der Waals surface area contributed by atoms with Crippen molar-refractivity contribution in [1.29, 1.82) is 0 Å². The van der Waals surface area contributed by atoms with Crippen molar-refractivity contribution in [3.8, 4) is 0 Å². The van der Waals surface area contributed by atoms with Gasteiger partial charge in [0.05, 0.1) is 25.9 Å². The third-order valence-corrected chi connectivity index (χ3v) is 9.43. The number of allylic oxidation sites excluding steroid dienone is 17. The van der Waals surface area contributed by atoms with E-state index in [4.69, 9.17) is 19.1 Å². The molecule has 0 spiro atoms. The number of phosphoric acid groups is 1. The van der Waals surface area contributed by atoms with Gasteiger partial charge in [0.2, 0.25) is 0 Å². The number of ether oxygens (including phenoxy) is 2. The zero-order valence-electron chi connectivity index (χ0n) is 36.5. The highest BCUT2D eigenvalue weighted by molar-refractivity contribution is 7.47. The number of unbranched alkanes of at least 4 members (excludes halogenated alkanes) is 5. The Balaban J connectivity index is 4.50. The summed E-state index contributed by atoms with van der Waals surface area (Å²) in [5, 5.41) is 28.2. The van der Waals surface area contributed by atoms with E-state index in [9.17, 15) is 29.3 Å². The van der Waals surface area contributed by atoms with Crippen LogP contribution in [-0.4, -0.2) is 76.9 Å². The summed E-state index contributed by atoms with van der Waals surface area (Å²) in [6.45, 7) is 1.97. The zero-order chi connectivity index (χ0) is 44.2. The van der Waals surface area contributed by atoms with Crippen LogP contribution in [0.15, 0.2) is 109 Å². The first kappa shape index (κ1) is 56.6. The van der Waals surface area contributed by atoms with E-state index in [2.05, 4.69) is 103 Å². The first-order valence-electron chi connectivity index (χ1n) is 21.9. The summed E-state index contributed by atoms with van der Waals surface area (Å²) in [5.41, 5.74) is 0. The second-order valence-corrected chi connectivity index (χ2v) is 15.6. The van der Waals surface area contributed by atoms with Crippen LogP contribution < -0.4 is 0 Å². The van der Waals surface area contributed by atoms with Crippen molar-refractivity contribution in [1.82, 2.24) is 0 Å². The number of carbonyl (C=O) groups excluding carboxylic acids is 2. The van der Waals surface area contributed by atoms with Gasteiger partial charge in [-0.1, -0.05) is 142 Å². The molecule has 0 radical (unpaired) electrons. The van der Waals surface area contributed by atoms with Gasteiger partial charge in [0.15, 0.2) is 6.10 Å². The maximum Gasteiger partial charge on any atom is 0.472 e. The Bertz CT molecular complexity index is 1380. The van der Waals surface area contributed by atoms with Gasteiger partial charge < -0.3 is 29.7 Å². The van der Waals surface area contributed by atoms with E-state index in [1.54, 1.807) is 0 Å². The Morgan fingerprint density at radius 3 is 1.58 bits per heavy atom. The molecule has 4 N–H and O–H groups in total. The molecular formula is C48H77O11P. The summed E-state index contributed by atoms with van der Waals surface area (Å²) in [6.07, 6.45) is 49.6. The van der Waals surface area contributed by atoms with Gasteiger partial charge in [-0.25, -0.2) is 4.57 Å². The van der Waals surface area contributed by atoms with Crippen molar-refractivity contribution in [3.05, 3.63) is 109 Å². The van der Waals surface area contributed by atoms with E-state index in [1.807, 2.05) is 24.3 Å². The van der Waals surface area contributed by atoms with Crippen molar-refractivity contribution in [2.24, 2.45) is 0 Å². The van der Waals surface area contributed by atoms with Crippen LogP contribution in [0.25, 0.3) is 0 Å². The van der Waals surface area contributed by atoms with Gasteiger partial charge in [0, 0.05) is 12.8 Å². The number of hydrogen-bond acceptors (Lipinski definition) is 10. The summed E-state index contributed by atoms with van der Waals surface area (Å²) in [6, 6.07) is 0. The van der Waals surface area contributed by atoms with Crippen LogP contribution in [0.5, 0.6) is 0 Å². The number of phosphoric ester groups is 1. The molecule has 12 heteroatoms. The van der Waals surface area contributed by atoms with Gasteiger partial charge >= 0.3 is 19.8 Å². The number of carbonyl (C=O) groups is 2. The zero-order valence-corrected chi connectivity index (χ0v) is 37.4. The molecule has 0 rings (SSSR count). The Hall–Kier alpha value is -3.41. The fourth-order valence-electron chi connectivity index (χ4n) is 5.09. The number of rotatable bonds is 39. The minimum absolute atomic E-state index is 0.118. The summed E-state index contributed by atoms with van der Waals surface area (Å²) in [7, 11) is -4.66. The minimum Gasteiger partial charge on any atom is -0.462 e. The molecule has 0 aliphatic heterocycles. The van der Waals surface area contributed by atoms with E-state index < -0.39 is 51.8 Å². The largest absolute Gasteiger partial charge is 0.472 e. The van der Waals surface area contributed by atoms with Crippen LogP contribution in [0.2, 0.25) is 0 Å². The molecular weight excluding hydrogens is 783 g/mol. The maximum atomic E-state index is 12.6. The average molecular weight is 861 g/mol. The first-order chi connectivity index (χ1) is 29.1. The molecule has 11 nitrogen and oxygen atoms in total. The summed E-state index contributed by atoms with van der Waals surface area (Å²) < 4.78 is 32.6. The predicted octanol–water partition coefficient (Wildman–Crippen LogP) is 10.7. The highest BCUT2D eigenvalue weighted by Gasteiger charge is 2.27. The molecule has 1 unspecified atom stereocenters. The molecule has 4 atom stereocenters. The second kappa shape index (κ2) is 42.3. The highest BCUT2D eigenvalue weighted by atomic mass is 31.2. The topological polar surface area (TPSA) is 169 Å². The summed E-state index contributed by atoms with van der Waals surface area (Å²) in [5.74, 6) is -1.06. The quantitative estimate of drug-likeness (QED) is 0.0201. The lowest BCUT2D eigenvalue weighted by Gasteiger charge is -2.20. The number of aliphatic hydroxyl groups excluding tert-OH is 3. The van der Waals surface area contributed by atoms with Crippen LogP contribution in [0.1, 0.15) is 136 Å². The molecule has 0 aliphatic carbocycles. The molecule has 0 heterocycles. The minimum atomic E-state index is -4.66. The Kier molecular flexibility index (Phi) is 39.9. The van der Waals surface area contributed by atoms with Gasteiger partial charge in [-0.2, -0.15) is 0 Å². The maximum absolute atomic E-state index is 12.6. The molecule has 60 heavy (non-hydrogen) atoms. The standard InChI is InChI=1S/C48H77O11P/c1-3-5-7-8-9-10-11-12-13-14-15-16-17-18-23-26-29-32-35-39-48(53)59-46(43-58-60(54,55)57-41-45(51)40-49)42-56-47(52)38-34-31-28-25-22-20-19-21-24-27-30-33-37-44(50)36-6-4-2/h5,7,9-10,12-13,15-16,18-20,23-25,27-28,33,37,44-46,49-51H,3-4,6,8,11,14,17,21-22,26,29-32,34-36,38-43H2,1-2H3,(H,54,55)/b7-5-,10-9-,13-12-,16-15-,20-19-,23-18-,27-24-,28-25-,37-33-/t44-,45-,46+/m0/s1. The third kappa shape index (κ3) is 41.3. The fraction of sp³-hybridized carbons (Fsp3) is 0.583. The van der Waals surface area contributed by atoms with E-state index in [1.165, 1.54) is 0 Å². The SMILES string of the molecule is CC/C=C\C/C=C\C/C=C\C/C=C\C/C=C\CCCCCC(=O)O[C@H](COC(=O)CCC/C=C\C/C=C\C/C=C\C/C=C\[C@@H](O)CCCC)COP(=O)(O)OC[C@@H](O)CO. The number of hydrogen-bond donors (Lipinski definition) is 4. The third-order valence-electron chi connectivity index (χ3n) is 8.48. The van der Waals surface area contributed by atoms with Crippen molar-refractivity contribution in [2.75, 3.05) is 26.4 Å². The van der Waals surface area contributed by atoms with E-state index >= 15 is 0 Å². The molecule has 0 saturated carbocycles. The molecule has 340 valence electrons. The number of aliphatic hydroxyl groups is 3. The van der Waals surface area contributed by atoms with Crippen molar-refractivity contribution in [3.63, 3.8) is 0 Å². The monoisotopic (exact) mass is 861 g/mol. The van der Waals surface area contributed by atoms with E-state index in [-0.39, 0.29) is 25.6 Å². The molecule has 0 bridgehead atoms. The molecule has 0 aliphatic rings. The van der Waals surface area contributed by atoms with Crippen molar-refractivity contribution in [2.45, 2.75) is 154 Å². The van der Waals surface area contributed by atoms with Crippen LogP contribution in [0.4, 0.5) is 0 Å². The van der Waals surface area contributed by atoms with Gasteiger partial charge in [-0.15, -0.1) is 0 Å². The Morgan fingerprint density at radius 2 is 1.05 bits per heavy atom. The summed E-state index contributed by atoms with van der Waals surface area (Å²) in [4.78, 5) is 35.0. The van der Waals surface area contributed by atoms with Gasteiger partial charge in [-0.05, 0) is 89.9 Å². The van der Waals surface area contributed by atoms with E-state index in [0.717, 1.165) is 89.9 Å². The summed E-state index contributed by atoms with van der Waals surface area (Å²) >= 11 is 0. The molecule has 0 aromatic carbocycles. The van der Waals surface area contributed by atoms with Crippen LogP contribution in [-0.2, 0) is 32.7 Å². The Labute approximate surface area is 361 Å². The fourth-order valence-corrected chi connectivity index (χ4v) is 5.88. The van der Waals surface area contributed by atoms with Crippen LogP contribution in [0.3, 0.4) is 0 Å². The Morgan fingerprint density at radius 1 is 0.567 bits per heavy atom. The lowest BCUT2D eigenvalue weighted by molar-refractivity contribution is -0.161. The molecule has 0 amide bonds. The predicted molar refractivity (Wildman–Crippen MR) is 243 cm³/mol. The average Bonchev–Trinajstić information content (AvgIpc) is 3.23. The van der Waals surface area contributed by atoms with Crippen LogP contribution in [0, 0.1) is 0 Å². The van der Waals surface area contributed by atoms with Crippen molar-refractivity contribution < 1.29 is 52.9 Å².